The summed E-state index contributed by atoms with van der Waals surface area (Å²) in [6.07, 6.45) is 2.41. The Bertz CT molecular complexity index is 814. The first-order valence-corrected chi connectivity index (χ1v) is 8.25. The molecule has 0 unspecified atom stereocenters. The Balaban J connectivity index is 1.54. The number of aromatic nitrogens is 2. The second-order valence-corrected chi connectivity index (χ2v) is 6.29. The van der Waals surface area contributed by atoms with Crippen molar-refractivity contribution in [2.75, 3.05) is 13.1 Å². The molecular formula is C18H19F2N3O2. The van der Waals surface area contributed by atoms with Crippen LogP contribution in [0.25, 0.3) is 0 Å². The minimum atomic E-state index is -0.758. The minimum Gasteiger partial charge on any atom is -0.299 e. The molecule has 1 fully saturated rings. The van der Waals surface area contributed by atoms with E-state index in [4.69, 9.17) is 0 Å². The van der Waals surface area contributed by atoms with Crippen molar-refractivity contribution in [3.05, 3.63) is 63.8 Å². The summed E-state index contributed by atoms with van der Waals surface area (Å²) in [7, 11) is 0. The molecule has 1 saturated heterocycles. The number of nitrogens with zero attached hydrogens (tertiary/aromatic N) is 2. The third-order valence-electron chi connectivity index (χ3n) is 4.57. The molecule has 1 aromatic carbocycles. The third kappa shape index (κ3) is 4.36. The first kappa shape index (κ1) is 17.4. The van der Waals surface area contributed by atoms with Gasteiger partial charge in [-0.2, -0.15) is 4.39 Å². The van der Waals surface area contributed by atoms with E-state index in [1.165, 1.54) is 6.07 Å². The number of Topliss-reactive ketones (excluding diaryl/α,β-unsaturated/α-hetero) is 1. The predicted molar refractivity (Wildman–Crippen MR) is 87.9 cm³/mol. The number of piperidine rings is 1. The van der Waals surface area contributed by atoms with E-state index >= 15 is 0 Å². The molecule has 7 heteroatoms. The molecule has 1 aliphatic heterocycles. The molecule has 0 aliphatic carbocycles. The van der Waals surface area contributed by atoms with Crippen LogP contribution in [0.1, 0.15) is 24.1 Å². The fraction of sp³-hybridized carbons (Fsp3) is 0.389. The number of carbonyl (C=O) groups is 1. The zero-order valence-electron chi connectivity index (χ0n) is 13.7. The lowest BCUT2D eigenvalue weighted by atomic mass is 9.89. The van der Waals surface area contributed by atoms with Gasteiger partial charge in [0.05, 0.1) is 6.20 Å². The van der Waals surface area contributed by atoms with Gasteiger partial charge in [-0.3, -0.25) is 19.5 Å². The highest BCUT2D eigenvalue weighted by Crippen LogP contribution is 2.21. The Morgan fingerprint density at radius 1 is 1.24 bits per heavy atom. The number of hydrogen-bond donors (Lipinski definition) is 1. The molecule has 0 saturated carbocycles. The van der Waals surface area contributed by atoms with Crippen LogP contribution < -0.4 is 5.56 Å². The van der Waals surface area contributed by atoms with Crippen molar-refractivity contribution in [3.8, 4) is 0 Å². The Labute approximate surface area is 143 Å². The van der Waals surface area contributed by atoms with Crippen molar-refractivity contribution < 1.29 is 13.6 Å². The number of halogens is 2. The van der Waals surface area contributed by atoms with Crippen LogP contribution in [0, 0.1) is 17.7 Å². The van der Waals surface area contributed by atoms with Crippen molar-refractivity contribution in [1.29, 1.82) is 0 Å². The molecule has 5 nitrogen and oxygen atoms in total. The monoisotopic (exact) mass is 347 g/mol. The van der Waals surface area contributed by atoms with Gasteiger partial charge in [0, 0.05) is 18.9 Å². The summed E-state index contributed by atoms with van der Waals surface area (Å²) in [5, 5.41) is 0. The number of ketones is 1. The zero-order valence-corrected chi connectivity index (χ0v) is 13.7. The van der Waals surface area contributed by atoms with Crippen LogP contribution in [0.5, 0.6) is 0 Å². The van der Waals surface area contributed by atoms with Gasteiger partial charge in [-0.1, -0.05) is 18.2 Å². The summed E-state index contributed by atoms with van der Waals surface area (Å²) < 4.78 is 26.5. The zero-order chi connectivity index (χ0) is 17.8. The summed E-state index contributed by atoms with van der Waals surface area (Å²) in [4.78, 5) is 32.0. The van der Waals surface area contributed by atoms with Gasteiger partial charge in [0.15, 0.2) is 0 Å². The van der Waals surface area contributed by atoms with Gasteiger partial charge >= 0.3 is 0 Å². The van der Waals surface area contributed by atoms with Crippen molar-refractivity contribution in [3.63, 3.8) is 0 Å². The second kappa shape index (κ2) is 7.65. The van der Waals surface area contributed by atoms with Gasteiger partial charge in [0.2, 0.25) is 5.95 Å². The normalized spacial score (nSPS) is 16.1. The number of nitrogens with one attached hydrogen (secondary N) is 1. The number of rotatable bonds is 5. The standard InChI is InChI=1S/C18H19F2N3O2/c19-14-4-2-1-3-13(14)9-16(24)12-5-7-23(8-6-12)11-15-18(25)22-17(20)10-21-15/h1-4,10,12H,5-9,11H2,(H,22,25). The molecule has 2 aromatic rings. The summed E-state index contributed by atoms with van der Waals surface area (Å²) >= 11 is 0. The van der Waals surface area contributed by atoms with Gasteiger partial charge in [-0.15, -0.1) is 0 Å². The van der Waals surface area contributed by atoms with E-state index in [2.05, 4.69) is 9.97 Å². The number of benzene rings is 1. The summed E-state index contributed by atoms with van der Waals surface area (Å²) in [5.41, 5.74) is 0.160. The predicted octanol–water partition coefficient (Wildman–Crippen LogP) is 2.07. The fourth-order valence-corrected chi connectivity index (χ4v) is 3.12. The molecule has 0 amide bonds. The van der Waals surface area contributed by atoms with E-state index in [9.17, 15) is 18.4 Å². The Morgan fingerprint density at radius 2 is 1.96 bits per heavy atom. The minimum absolute atomic E-state index is 0.0440. The molecule has 0 radical (unpaired) electrons. The van der Waals surface area contributed by atoms with E-state index in [0.717, 1.165) is 6.20 Å². The lowest BCUT2D eigenvalue weighted by Crippen LogP contribution is -2.38. The largest absolute Gasteiger partial charge is 0.299 e. The van der Waals surface area contributed by atoms with Crippen LogP contribution in [0.15, 0.2) is 35.3 Å². The smallest absolute Gasteiger partial charge is 0.273 e. The lowest BCUT2D eigenvalue weighted by Gasteiger charge is -2.30. The third-order valence-corrected chi connectivity index (χ3v) is 4.57. The Morgan fingerprint density at radius 3 is 2.64 bits per heavy atom. The van der Waals surface area contributed by atoms with Crippen molar-refractivity contribution in [2.24, 2.45) is 5.92 Å². The van der Waals surface area contributed by atoms with Gasteiger partial charge in [-0.05, 0) is 37.6 Å². The van der Waals surface area contributed by atoms with Gasteiger partial charge in [-0.25, -0.2) is 9.37 Å². The molecule has 0 bridgehead atoms. The molecule has 2 heterocycles. The van der Waals surface area contributed by atoms with Crippen molar-refractivity contribution in [1.82, 2.24) is 14.9 Å². The maximum Gasteiger partial charge on any atom is 0.273 e. The molecule has 1 aliphatic rings. The average molecular weight is 347 g/mol. The molecule has 1 aromatic heterocycles. The van der Waals surface area contributed by atoms with Crippen LogP contribution in [0.4, 0.5) is 8.78 Å². The Kier molecular flexibility index (Phi) is 5.33. The van der Waals surface area contributed by atoms with Crippen LogP contribution in [0.3, 0.4) is 0 Å². The quantitative estimate of drug-likeness (QED) is 0.899. The Hall–Kier alpha value is -2.41. The number of likely N-dealkylation sites (tertiary alicyclic amines) is 1. The topological polar surface area (TPSA) is 66.1 Å². The number of aromatic amines is 1. The number of H-pyrrole nitrogens is 1. The first-order chi connectivity index (χ1) is 12.0. The molecule has 0 atom stereocenters. The highest BCUT2D eigenvalue weighted by Gasteiger charge is 2.26. The highest BCUT2D eigenvalue weighted by molar-refractivity contribution is 5.83. The van der Waals surface area contributed by atoms with Gasteiger partial charge in [0.1, 0.15) is 17.3 Å². The van der Waals surface area contributed by atoms with Gasteiger partial charge < -0.3 is 0 Å². The maximum atomic E-state index is 13.7. The van der Waals surface area contributed by atoms with Crippen LogP contribution >= 0.6 is 0 Å². The van der Waals surface area contributed by atoms with E-state index < -0.39 is 11.5 Å². The number of carbonyl (C=O) groups excluding carboxylic acids is 1. The van der Waals surface area contributed by atoms with Crippen LogP contribution in [-0.4, -0.2) is 33.7 Å². The van der Waals surface area contributed by atoms with E-state index in [1.807, 2.05) is 4.90 Å². The summed E-state index contributed by atoms with van der Waals surface area (Å²) in [6.45, 7) is 1.61. The average Bonchev–Trinajstić information content (AvgIpc) is 2.60. The molecular weight excluding hydrogens is 328 g/mol. The van der Waals surface area contributed by atoms with Gasteiger partial charge in [0.25, 0.3) is 5.56 Å². The molecule has 132 valence electrons. The van der Waals surface area contributed by atoms with Crippen molar-refractivity contribution in [2.45, 2.75) is 25.8 Å². The molecule has 3 rings (SSSR count). The SMILES string of the molecule is O=C(Cc1ccccc1F)C1CCN(Cc2ncc(F)[nH]c2=O)CC1. The van der Waals surface area contributed by atoms with E-state index in [0.29, 0.717) is 38.0 Å². The number of hydrogen-bond acceptors (Lipinski definition) is 4. The maximum absolute atomic E-state index is 13.7. The van der Waals surface area contributed by atoms with Crippen LogP contribution in [-0.2, 0) is 17.8 Å². The van der Waals surface area contributed by atoms with E-state index in [-0.39, 0.29) is 29.6 Å². The second-order valence-electron chi connectivity index (χ2n) is 6.29. The highest BCUT2D eigenvalue weighted by atomic mass is 19.1. The summed E-state index contributed by atoms with van der Waals surface area (Å²) in [5.74, 6) is -1.17. The first-order valence-electron chi connectivity index (χ1n) is 8.25. The fourth-order valence-electron chi connectivity index (χ4n) is 3.12. The summed E-state index contributed by atoms with van der Waals surface area (Å²) in [6, 6.07) is 6.32. The molecule has 25 heavy (non-hydrogen) atoms. The lowest BCUT2D eigenvalue weighted by molar-refractivity contribution is -0.123. The molecule has 1 N–H and O–H groups in total. The van der Waals surface area contributed by atoms with Crippen LogP contribution in [0.2, 0.25) is 0 Å². The van der Waals surface area contributed by atoms with Crippen molar-refractivity contribution >= 4 is 5.78 Å². The van der Waals surface area contributed by atoms with E-state index in [1.54, 1.807) is 18.2 Å². The molecule has 0 spiro atoms.